The molecule has 2 saturated carbocycles. The molecule has 4 saturated heterocycles. The van der Waals surface area contributed by atoms with Crippen LogP contribution in [0.1, 0.15) is 51.7 Å². The van der Waals surface area contributed by atoms with Crippen LogP contribution < -0.4 is 9.47 Å². The molecule has 2 aliphatic carbocycles. The number of fused-ring (bicyclic) bond motifs is 2. The Morgan fingerprint density at radius 3 is 1.25 bits per heavy atom. The molecule has 0 radical (unpaired) electrons. The monoisotopic (exact) mass is 658 g/mol. The summed E-state index contributed by atoms with van der Waals surface area (Å²) in [5.41, 5.74) is 3.25. The second-order valence-corrected chi connectivity index (χ2v) is 16.7. The third-order valence-electron chi connectivity index (χ3n) is 14.6. The zero-order chi connectivity index (χ0) is 33.3. The van der Waals surface area contributed by atoms with Gasteiger partial charge >= 0.3 is 0 Å². The van der Waals surface area contributed by atoms with Gasteiger partial charge in [0.25, 0.3) is 0 Å². The van der Waals surface area contributed by atoms with Crippen LogP contribution in [0, 0.1) is 21.7 Å². The maximum Gasteiger partial charge on any atom is 0.118 e. The first kappa shape index (κ1) is 33.0. The van der Waals surface area contributed by atoms with Gasteiger partial charge in [-0.05, 0) is 59.1 Å². The molecule has 0 aromatic heterocycles. The molecule has 2 aromatic rings. The van der Waals surface area contributed by atoms with Crippen molar-refractivity contribution in [1.29, 1.82) is 0 Å². The highest BCUT2D eigenvalue weighted by atomic mass is 16.5. The van der Waals surface area contributed by atoms with Crippen LogP contribution in [0.3, 0.4) is 0 Å². The fourth-order valence-electron chi connectivity index (χ4n) is 12.4. The number of rotatable bonds is 10. The average molecular weight is 659 g/mol. The molecule has 8 nitrogen and oxygen atoms in total. The van der Waals surface area contributed by atoms with E-state index < -0.39 is 0 Å². The maximum absolute atomic E-state index is 5.95. The molecule has 8 heteroatoms. The van der Waals surface area contributed by atoms with E-state index in [0.717, 1.165) is 90.3 Å². The smallest absolute Gasteiger partial charge is 0.118 e. The van der Waals surface area contributed by atoms with Gasteiger partial charge in [0.2, 0.25) is 0 Å². The van der Waals surface area contributed by atoms with Gasteiger partial charge in [0.1, 0.15) is 11.5 Å². The third-order valence-corrected chi connectivity index (χ3v) is 14.6. The van der Waals surface area contributed by atoms with Crippen molar-refractivity contribution in [3.05, 3.63) is 59.7 Å². The molecule has 6 atom stereocenters. The summed E-state index contributed by atoms with van der Waals surface area (Å²) in [5.74, 6) is 1.87. The first-order chi connectivity index (χ1) is 23.2. The number of morpholine rings is 2. The van der Waals surface area contributed by atoms with Gasteiger partial charge < -0.3 is 18.9 Å². The van der Waals surface area contributed by atoms with Crippen LogP contribution in [0.25, 0.3) is 0 Å². The van der Waals surface area contributed by atoms with Crippen LogP contribution in [0.2, 0.25) is 0 Å². The molecule has 2 aromatic carbocycles. The average Bonchev–Trinajstić information content (AvgIpc) is 3.29. The Morgan fingerprint density at radius 2 is 0.917 bits per heavy atom. The summed E-state index contributed by atoms with van der Waals surface area (Å²) in [5, 5.41) is 0. The van der Waals surface area contributed by atoms with Crippen molar-refractivity contribution in [2.45, 2.75) is 77.8 Å². The van der Waals surface area contributed by atoms with E-state index in [4.69, 9.17) is 18.9 Å². The zero-order valence-corrected chi connectivity index (χ0v) is 30.2. The largest absolute Gasteiger partial charge is 0.497 e. The summed E-state index contributed by atoms with van der Waals surface area (Å²) in [6.45, 7) is 22.5. The second kappa shape index (κ2) is 12.2. The number of likely N-dealkylation sites (tertiary alicyclic amines) is 2. The van der Waals surface area contributed by atoms with Gasteiger partial charge in [-0.25, -0.2) is 0 Å². The van der Waals surface area contributed by atoms with Crippen LogP contribution in [-0.2, 0) is 22.6 Å². The van der Waals surface area contributed by atoms with Gasteiger partial charge in [0.15, 0.2) is 0 Å². The first-order valence-electron chi connectivity index (χ1n) is 18.5. The molecule has 6 aliphatic rings. The topological polar surface area (TPSA) is 49.9 Å². The molecule has 48 heavy (non-hydrogen) atoms. The van der Waals surface area contributed by atoms with Crippen molar-refractivity contribution in [3.8, 4) is 11.5 Å². The summed E-state index contributed by atoms with van der Waals surface area (Å²) >= 11 is 0. The van der Waals surface area contributed by atoms with E-state index in [-0.39, 0.29) is 21.7 Å². The molecule has 4 aliphatic heterocycles. The van der Waals surface area contributed by atoms with Gasteiger partial charge in [-0.2, -0.15) is 0 Å². The molecule has 0 spiro atoms. The van der Waals surface area contributed by atoms with E-state index >= 15 is 0 Å². The van der Waals surface area contributed by atoms with Gasteiger partial charge in [-0.1, -0.05) is 52.0 Å². The van der Waals surface area contributed by atoms with Crippen molar-refractivity contribution in [3.63, 3.8) is 0 Å². The van der Waals surface area contributed by atoms with Gasteiger partial charge in [0, 0.05) is 87.4 Å². The van der Waals surface area contributed by atoms with Crippen LogP contribution >= 0.6 is 0 Å². The molecule has 262 valence electrons. The van der Waals surface area contributed by atoms with E-state index in [1.54, 1.807) is 14.2 Å². The van der Waals surface area contributed by atoms with Gasteiger partial charge in [-0.3, -0.25) is 19.6 Å². The number of hydrogen-bond acceptors (Lipinski definition) is 8. The fraction of sp³-hybridized carbons (Fsp3) is 0.700. The van der Waals surface area contributed by atoms with E-state index in [2.05, 4.69) is 95.8 Å². The Hall–Kier alpha value is -2.20. The van der Waals surface area contributed by atoms with Crippen LogP contribution in [0.15, 0.2) is 48.5 Å². The van der Waals surface area contributed by atoms with E-state index in [1.807, 2.05) is 0 Å². The first-order valence-corrected chi connectivity index (χ1v) is 18.5. The Balaban J connectivity index is 1.28. The van der Waals surface area contributed by atoms with Crippen LogP contribution in [-0.4, -0.2) is 124 Å². The van der Waals surface area contributed by atoms with E-state index in [9.17, 15) is 0 Å². The number of nitrogens with zero attached hydrogens (tertiary/aromatic N) is 4. The number of ether oxygens (including phenoxy) is 4. The molecule has 0 N–H and O–H groups in total. The summed E-state index contributed by atoms with van der Waals surface area (Å²) in [4.78, 5) is 11.6. The third kappa shape index (κ3) is 4.69. The highest BCUT2D eigenvalue weighted by Crippen LogP contribution is 2.80. The van der Waals surface area contributed by atoms with Crippen molar-refractivity contribution in [1.82, 2.24) is 19.6 Å². The molecule has 8 rings (SSSR count). The molecule has 4 bridgehead atoms. The Labute approximate surface area is 288 Å². The standard InChI is InChI=1S/C40H58N4O4/c1-37(2)33-23-36-40(28-42-17-21-48-22-18-42)38(3,4)34(44(36)26-30-9-13-32(46-6)14-10-30)24-35(39(37,40)27-41-15-19-47-20-16-41)43(33)25-29-7-11-31(45-5)12-8-29/h7-14,33-36H,15-28H2,1-6H3/t33-,34-,35+,36+,39-,40+/m1/s1. The van der Waals surface area contributed by atoms with Crippen molar-refractivity contribution >= 4 is 0 Å². The minimum Gasteiger partial charge on any atom is -0.497 e. The Morgan fingerprint density at radius 1 is 0.562 bits per heavy atom. The summed E-state index contributed by atoms with van der Waals surface area (Å²) < 4.78 is 23.0. The molecule has 4 heterocycles. The minimum atomic E-state index is 0.102. The quantitative estimate of drug-likeness (QED) is 0.354. The molecule has 6 fully saturated rings. The van der Waals surface area contributed by atoms with E-state index in [1.165, 1.54) is 24.0 Å². The SMILES string of the molecule is COc1ccc(CN2[C@H]3C[C@H]4N(Cc5ccc(OC)cc5)[C@H]5C[C@@H]2C(C)(C)[C@@]3(CN2CCOCC2)[C@@]5(CN2CCOCC2)C4(C)C)cc1. The lowest BCUT2D eigenvalue weighted by Crippen LogP contribution is -2.75. The summed E-state index contributed by atoms with van der Waals surface area (Å²) in [6.07, 6.45) is 2.43. The van der Waals surface area contributed by atoms with Crippen LogP contribution in [0.5, 0.6) is 11.5 Å². The normalized spacial score (nSPS) is 36.0. The lowest BCUT2D eigenvalue weighted by Gasteiger charge is -2.69. The van der Waals surface area contributed by atoms with E-state index in [0.29, 0.717) is 24.2 Å². The second-order valence-electron chi connectivity index (χ2n) is 16.7. The number of hydrogen-bond donors (Lipinski definition) is 0. The summed E-state index contributed by atoms with van der Waals surface area (Å²) in [7, 11) is 3.52. The molecular weight excluding hydrogens is 600 g/mol. The van der Waals surface area contributed by atoms with Crippen molar-refractivity contribution in [2.24, 2.45) is 21.7 Å². The highest BCUT2D eigenvalue weighted by Gasteiger charge is 2.85. The molecule has 0 amide bonds. The molecular formula is C40H58N4O4. The maximum atomic E-state index is 5.95. The number of methoxy groups -OCH3 is 2. The summed E-state index contributed by atoms with van der Waals surface area (Å²) in [6, 6.07) is 19.8. The Kier molecular flexibility index (Phi) is 8.41. The Bertz CT molecular complexity index is 1330. The van der Waals surface area contributed by atoms with Gasteiger partial charge in [-0.15, -0.1) is 0 Å². The van der Waals surface area contributed by atoms with Crippen molar-refractivity contribution in [2.75, 3.05) is 79.9 Å². The fourth-order valence-corrected chi connectivity index (χ4v) is 12.4. The van der Waals surface area contributed by atoms with Crippen LogP contribution in [0.4, 0.5) is 0 Å². The number of benzene rings is 2. The molecule has 0 unspecified atom stereocenters. The zero-order valence-electron chi connectivity index (χ0n) is 30.2. The van der Waals surface area contributed by atoms with Gasteiger partial charge in [0.05, 0.1) is 40.6 Å². The predicted molar refractivity (Wildman–Crippen MR) is 188 cm³/mol. The lowest BCUT2D eigenvalue weighted by molar-refractivity contribution is -0.201. The minimum absolute atomic E-state index is 0.102. The lowest BCUT2D eigenvalue weighted by atomic mass is 9.35. The highest BCUT2D eigenvalue weighted by molar-refractivity contribution is 5.39. The van der Waals surface area contributed by atoms with Crippen molar-refractivity contribution < 1.29 is 18.9 Å². The predicted octanol–water partition coefficient (Wildman–Crippen LogP) is 5.01.